The third-order valence-corrected chi connectivity index (χ3v) is 17.0. The molecular weight excluding hydrogens is 903 g/mol. The molecule has 3 aliphatic carbocycles. The van der Waals surface area contributed by atoms with Gasteiger partial charge in [0.2, 0.25) is 0 Å². The summed E-state index contributed by atoms with van der Waals surface area (Å²) in [7, 11) is 0. The van der Waals surface area contributed by atoms with Gasteiger partial charge in [0, 0.05) is 17.1 Å². The van der Waals surface area contributed by atoms with Crippen LogP contribution in [0.25, 0.3) is 44.5 Å². The Balaban J connectivity index is 1.10. The van der Waals surface area contributed by atoms with Crippen molar-refractivity contribution in [2.24, 2.45) is 0 Å². The van der Waals surface area contributed by atoms with Gasteiger partial charge in [-0.15, -0.1) is 0 Å². The molecule has 0 heterocycles. The van der Waals surface area contributed by atoms with Crippen molar-refractivity contribution in [2.75, 3.05) is 4.90 Å². The lowest BCUT2D eigenvalue weighted by Gasteiger charge is -2.36. The highest BCUT2D eigenvalue weighted by Gasteiger charge is 2.53. The Bertz CT molecular complexity index is 3850. The first-order valence-corrected chi connectivity index (χ1v) is 27.0. The number of nitrogens with zero attached hydrogens (tertiary/aromatic N) is 1. The molecule has 1 nitrogen and oxygen atoms in total. The standard InChI is InChI=1S/C74H65N/c1-70(2,3)50-31-33-52(34-32-50)73(51-24-14-11-15-25-51)64-29-18-16-27-58(64)62-41-37-56(46-68(62)73)75(55-26-20-23-49(43-55)48-21-12-10-13-22-48)57-38-42-63-61-40-36-54(72(7,8)9)45-67(61)74(69(63)47-57)65-30-19-17-28-59(65)60-39-35-53(44-66(60)74)71(4,5)6/h10-47H,1-9H3. The fourth-order valence-corrected chi connectivity index (χ4v) is 13.2. The fourth-order valence-electron chi connectivity index (χ4n) is 13.2. The zero-order chi connectivity index (χ0) is 51.6. The minimum absolute atomic E-state index is 0.0219. The summed E-state index contributed by atoms with van der Waals surface area (Å²) in [6.45, 7) is 21.0. The van der Waals surface area contributed by atoms with E-state index < -0.39 is 10.8 Å². The van der Waals surface area contributed by atoms with Crippen molar-refractivity contribution in [3.63, 3.8) is 0 Å². The lowest BCUT2D eigenvalue weighted by atomic mass is 9.67. The molecule has 1 spiro atoms. The van der Waals surface area contributed by atoms with E-state index >= 15 is 0 Å². The monoisotopic (exact) mass is 968 g/mol. The summed E-state index contributed by atoms with van der Waals surface area (Å²) >= 11 is 0. The molecule has 0 radical (unpaired) electrons. The van der Waals surface area contributed by atoms with Gasteiger partial charge >= 0.3 is 0 Å². The molecule has 0 saturated carbocycles. The molecule has 2 atom stereocenters. The highest BCUT2D eigenvalue weighted by atomic mass is 15.1. The molecule has 0 aliphatic heterocycles. The average molecular weight is 968 g/mol. The Morgan fingerprint density at radius 1 is 0.253 bits per heavy atom. The third-order valence-electron chi connectivity index (χ3n) is 17.0. The molecule has 10 aromatic carbocycles. The summed E-state index contributed by atoms with van der Waals surface area (Å²) in [6, 6.07) is 88.5. The zero-order valence-corrected chi connectivity index (χ0v) is 44.9. The Morgan fingerprint density at radius 3 is 1.15 bits per heavy atom. The second-order valence-electron chi connectivity index (χ2n) is 24.5. The normalized spacial score (nSPS) is 17.0. The van der Waals surface area contributed by atoms with Crippen LogP contribution in [0.4, 0.5) is 17.1 Å². The van der Waals surface area contributed by atoms with Crippen molar-refractivity contribution < 1.29 is 0 Å². The molecule has 0 aromatic heterocycles. The molecule has 0 N–H and O–H groups in total. The van der Waals surface area contributed by atoms with Gasteiger partial charge in [0.05, 0.1) is 10.8 Å². The zero-order valence-electron chi connectivity index (χ0n) is 44.9. The van der Waals surface area contributed by atoms with Crippen molar-refractivity contribution in [3.8, 4) is 44.5 Å². The van der Waals surface area contributed by atoms with Crippen molar-refractivity contribution in [1.29, 1.82) is 0 Å². The summed E-state index contributed by atoms with van der Waals surface area (Å²) in [6.07, 6.45) is 0. The molecule has 10 aromatic rings. The summed E-state index contributed by atoms with van der Waals surface area (Å²) in [4.78, 5) is 2.54. The molecule has 1 heteroatoms. The average Bonchev–Trinajstić information content (AvgIpc) is 4.01. The van der Waals surface area contributed by atoms with Crippen LogP contribution < -0.4 is 4.90 Å². The predicted molar refractivity (Wildman–Crippen MR) is 316 cm³/mol. The van der Waals surface area contributed by atoms with Crippen LogP contribution in [0.2, 0.25) is 0 Å². The molecule has 3 aliphatic rings. The summed E-state index contributed by atoms with van der Waals surface area (Å²) in [5.41, 5.74) is 26.9. The summed E-state index contributed by atoms with van der Waals surface area (Å²) < 4.78 is 0. The van der Waals surface area contributed by atoms with Gasteiger partial charge in [-0.05, 0) is 158 Å². The van der Waals surface area contributed by atoms with E-state index in [4.69, 9.17) is 0 Å². The Kier molecular flexibility index (Phi) is 10.4. The van der Waals surface area contributed by atoms with Crippen molar-refractivity contribution >= 4 is 17.1 Å². The van der Waals surface area contributed by atoms with E-state index in [0.29, 0.717) is 0 Å². The molecule has 0 fully saturated rings. The molecule has 2 unspecified atom stereocenters. The summed E-state index contributed by atoms with van der Waals surface area (Å²) in [5.74, 6) is 0. The van der Waals surface area contributed by atoms with Gasteiger partial charge < -0.3 is 4.90 Å². The van der Waals surface area contributed by atoms with E-state index in [-0.39, 0.29) is 16.2 Å². The van der Waals surface area contributed by atoms with Gasteiger partial charge in [0.15, 0.2) is 0 Å². The van der Waals surface area contributed by atoms with E-state index in [1.807, 2.05) is 0 Å². The molecular formula is C74H65N. The molecule has 366 valence electrons. The largest absolute Gasteiger partial charge is 0.310 e. The number of rotatable bonds is 6. The number of anilines is 3. The van der Waals surface area contributed by atoms with Crippen LogP contribution in [0.15, 0.2) is 231 Å². The first kappa shape index (κ1) is 46.8. The molecule has 75 heavy (non-hydrogen) atoms. The quantitative estimate of drug-likeness (QED) is 0.160. The highest BCUT2D eigenvalue weighted by Crippen LogP contribution is 2.65. The van der Waals surface area contributed by atoms with Gasteiger partial charge in [-0.3, -0.25) is 0 Å². The number of hydrogen-bond donors (Lipinski definition) is 0. The number of fused-ring (bicyclic) bond motifs is 13. The van der Waals surface area contributed by atoms with Crippen LogP contribution in [-0.2, 0) is 27.1 Å². The van der Waals surface area contributed by atoms with Crippen LogP contribution >= 0.6 is 0 Å². The van der Waals surface area contributed by atoms with E-state index in [1.165, 1.54) is 106 Å². The van der Waals surface area contributed by atoms with Crippen LogP contribution in [0, 0.1) is 0 Å². The van der Waals surface area contributed by atoms with E-state index in [0.717, 1.165) is 17.1 Å². The van der Waals surface area contributed by atoms with Gasteiger partial charge in [-0.2, -0.15) is 0 Å². The minimum atomic E-state index is -0.576. The van der Waals surface area contributed by atoms with E-state index in [1.54, 1.807) is 0 Å². The van der Waals surface area contributed by atoms with Crippen LogP contribution in [0.3, 0.4) is 0 Å². The van der Waals surface area contributed by atoms with Crippen LogP contribution in [-0.4, -0.2) is 0 Å². The first-order valence-electron chi connectivity index (χ1n) is 27.0. The number of hydrogen-bond acceptors (Lipinski definition) is 1. The van der Waals surface area contributed by atoms with Gasteiger partial charge in [0.25, 0.3) is 0 Å². The second-order valence-corrected chi connectivity index (χ2v) is 24.5. The fraction of sp³-hybridized carbons (Fsp3) is 0.189. The van der Waals surface area contributed by atoms with E-state index in [9.17, 15) is 0 Å². The SMILES string of the molecule is CC(C)(C)c1ccc(C2(c3ccccc3)c3ccccc3-c3ccc(N(c4cccc(-c5ccccc5)c4)c4ccc5c(c4)C4(c6ccccc6-c6ccc(C(C)(C)C)cc64)c4cc(C(C)(C)C)ccc4-5)cc32)cc1. The number of benzene rings is 10. The Morgan fingerprint density at radius 2 is 0.627 bits per heavy atom. The van der Waals surface area contributed by atoms with Crippen molar-refractivity contribution in [1.82, 2.24) is 0 Å². The lowest BCUT2D eigenvalue weighted by molar-refractivity contribution is 0.586. The topological polar surface area (TPSA) is 3.24 Å². The Labute approximate surface area is 445 Å². The maximum absolute atomic E-state index is 2.56. The van der Waals surface area contributed by atoms with Gasteiger partial charge in [-0.25, -0.2) is 0 Å². The van der Waals surface area contributed by atoms with Gasteiger partial charge in [0.1, 0.15) is 0 Å². The van der Waals surface area contributed by atoms with E-state index in [2.05, 4.69) is 298 Å². The maximum atomic E-state index is 2.56. The smallest absolute Gasteiger partial charge is 0.0726 e. The summed E-state index contributed by atoms with van der Waals surface area (Å²) in [5, 5.41) is 0. The third kappa shape index (κ3) is 7.04. The second kappa shape index (κ2) is 16.8. The molecule has 0 bridgehead atoms. The minimum Gasteiger partial charge on any atom is -0.310 e. The highest BCUT2D eigenvalue weighted by molar-refractivity contribution is 5.97. The molecule has 0 saturated heterocycles. The van der Waals surface area contributed by atoms with Crippen LogP contribution in [0.5, 0.6) is 0 Å². The van der Waals surface area contributed by atoms with Crippen LogP contribution in [0.1, 0.15) is 124 Å². The van der Waals surface area contributed by atoms with Crippen molar-refractivity contribution in [3.05, 3.63) is 292 Å². The molecule has 13 rings (SSSR count). The maximum Gasteiger partial charge on any atom is 0.0726 e. The van der Waals surface area contributed by atoms with Crippen molar-refractivity contribution in [2.45, 2.75) is 89.4 Å². The Hall–Kier alpha value is -8.00. The first-order chi connectivity index (χ1) is 36.1. The molecule has 0 amide bonds. The predicted octanol–water partition coefficient (Wildman–Crippen LogP) is 19.4. The lowest BCUT2D eigenvalue weighted by Crippen LogP contribution is -2.29. The van der Waals surface area contributed by atoms with Gasteiger partial charge in [-0.1, -0.05) is 256 Å².